The van der Waals surface area contributed by atoms with Crippen LogP contribution in [0.5, 0.6) is 5.75 Å². The molecule has 1 aliphatic rings. The van der Waals surface area contributed by atoms with Crippen molar-refractivity contribution >= 4 is 5.91 Å². The summed E-state index contributed by atoms with van der Waals surface area (Å²) in [6.45, 7) is 9.98. The molecule has 1 heterocycles. The molecule has 1 atom stereocenters. The van der Waals surface area contributed by atoms with E-state index in [1.54, 1.807) is 4.90 Å². The Morgan fingerprint density at radius 2 is 2.10 bits per heavy atom. The van der Waals surface area contributed by atoms with Crippen LogP contribution in [0.4, 0.5) is 0 Å². The Labute approximate surface area is 127 Å². The molecule has 1 aliphatic heterocycles. The van der Waals surface area contributed by atoms with Crippen molar-refractivity contribution in [2.24, 2.45) is 0 Å². The predicted octanol–water partition coefficient (Wildman–Crippen LogP) is 2.49. The lowest BCUT2D eigenvalue weighted by Gasteiger charge is -2.22. The van der Waals surface area contributed by atoms with Gasteiger partial charge in [-0.1, -0.05) is 17.7 Å². The number of ether oxygens (including phenoxy) is 1. The Bertz CT molecular complexity index is 520. The monoisotopic (exact) mass is 290 g/mol. The van der Waals surface area contributed by atoms with Gasteiger partial charge in [-0.2, -0.15) is 0 Å². The number of likely N-dealkylation sites (tertiary alicyclic amines) is 1. The molecule has 1 unspecified atom stereocenters. The Morgan fingerprint density at radius 1 is 1.38 bits per heavy atom. The number of carbonyl (C=O) groups is 1. The van der Waals surface area contributed by atoms with E-state index in [0.29, 0.717) is 0 Å². The van der Waals surface area contributed by atoms with Crippen LogP contribution in [0, 0.1) is 6.92 Å². The fourth-order valence-corrected chi connectivity index (χ4v) is 2.37. The first-order chi connectivity index (χ1) is 9.76. The van der Waals surface area contributed by atoms with Gasteiger partial charge in [0.15, 0.2) is 6.10 Å². The van der Waals surface area contributed by atoms with E-state index >= 15 is 0 Å². The van der Waals surface area contributed by atoms with E-state index in [4.69, 9.17) is 4.74 Å². The molecular formula is C17H26N2O2. The highest BCUT2D eigenvalue weighted by Crippen LogP contribution is 2.24. The van der Waals surface area contributed by atoms with E-state index in [0.717, 1.165) is 30.8 Å². The fraction of sp³-hybridized carbons (Fsp3) is 0.588. The van der Waals surface area contributed by atoms with Gasteiger partial charge in [-0.3, -0.25) is 4.79 Å². The molecule has 1 saturated heterocycles. The highest BCUT2D eigenvalue weighted by Gasteiger charge is 2.31. The van der Waals surface area contributed by atoms with Gasteiger partial charge in [-0.05, 0) is 33.8 Å². The van der Waals surface area contributed by atoms with E-state index in [2.05, 4.69) is 39.1 Å². The molecule has 2 rings (SSSR count). The molecule has 1 aromatic carbocycles. The SMILES string of the molecule is Cc1ccc(OC2CCN(C)C2=O)c(CNC(C)(C)C)c1. The topological polar surface area (TPSA) is 41.6 Å². The third kappa shape index (κ3) is 4.21. The van der Waals surface area contributed by atoms with Gasteiger partial charge in [0.2, 0.25) is 0 Å². The minimum atomic E-state index is -0.342. The van der Waals surface area contributed by atoms with Crippen molar-refractivity contribution in [3.05, 3.63) is 29.3 Å². The molecular weight excluding hydrogens is 264 g/mol. The first-order valence-electron chi connectivity index (χ1n) is 7.52. The molecule has 0 bridgehead atoms. The first kappa shape index (κ1) is 15.8. The van der Waals surface area contributed by atoms with Crippen LogP contribution in [0.25, 0.3) is 0 Å². The summed E-state index contributed by atoms with van der Waals surface area (Å²) in [5, 5.41) is 3.48. The number of likely N-dealkylation sites (N-methyl/N-ethyl adjacent to an activating group) is 1. The average Bonchev–Trinajstić information content (AvgIpc) is 2.70. The van der Waals surface area contributed by atoms with E-state index in [9.17, 15) is 4.79 Å². The van der Waals surface area contributed by atoms with Crippen LogP contribution in [-0.2, 0) is 11.3 Å². The van der Waals surface area contributed by atoms with Gasteiger partial charge in [0.1, 0.15) is 5.75 Å². The van der Waals surface area contributed by atoms with Gasteiger partial charge in [0, 0.05) is 37.7 Å². The lowest BCUT2D eigenvalue weighted by Crippen LogP contribution is -2.35. The van der Waals surface area contributed by atoms with Crippen molar-refractivity contribution in [3.63, 3.8) is 0 Å². The van der Waals surface area contributed by atoms with Crippen LogP contribution in [0.1, 0.15) is 38.3 Å². The minimum Gasteiger partial charge on any atom is -0.480 e. The van der Waals surface area contributed by atoms with Crippen LogP contribution in [0.15, 0.2) is 18.2 Å². The maximum atomic E-state index is 12.0. The predicted molar refractivity (Wildman–Crippen MR) is 84.4 cm³/mol. The molecule has 4 nitrogen and oxygen atoms in total. The van der Waals surface area contributed by atoms with Crippen molar-refractivity contribution in [2.75, 3.05) is 13.6 Å². The number of carbonyl (C=O) groups excluding carboxylic acids is 1. The molecule has 0 spiro atoms. The molecule has 1 amide bonds. The second-order valence-corrected chi connectivity index (χ2v) is 6.87. The number of rotatable bonds is 4. The summed E-state index contributed by atoms with van der Waals surface area (Å²) in [6, 6.07) is 6.12. The summed E-state index contributed by atoms with van der Waals surface area (Å²) in [5.41, 5.74) is 2.35. The van der Waals surface area contributed by atoms with Gasteiger partial charge in [-0.25, -0.2) is 0 Å². The molecule has 1 N–H and O–H groups in total. The Morgan fingerprint density at radius 3 is 2.67 bits per heavy atom. The maximum absolute atomic E-state index is 12.0. The van der Waals surface area contributed by atoms with E-state index in [1.165, 1.54) is 5.56 Å². The number of benzene rings is 1. The summed E-state index contributed by atoms with van der Waals surface area (Å²) >= 11 is 0. The van der Waals surface area contributed by atoms with Gasteiger partial charge < -0.3 is 15.0 Å². The number of aryl methyl sites for hydroxylation is 1. The maximum Gasteiger partial charge on any atom is 0.263 e. The molecule has 4 heteroatoms. The molecule has 21 heavy (non-hydrogen) atoms. The van der Waals surface area contributed by atoms with Crippen LogP contribution in [0.3, 0.4) is 0 Å². The Hall–Kier alpha value is -1.55. The van der Waals surface area contributed by atoms with Crippen LogP contribution in [-0.4, -0.2) is 36.0 Å². The molecule has 116 valence electrons. The zero-order chi connectivity index (χ0) is 15.6. The lowest BCUT2D eigenvalue weighted by atomic mass is 10.1. The van der Waals surface area contributed by atoms with Crippen LogP contribution < -0.4 is 10.1 Å². The van der Waals surface area contributed by atoms with Gasteiger partial charge in [0.05, 0.1) is 0 Å². The first-order valence-corrected chi connectivity index (χ1v) is 7.52. The van der Waals surface area contributed by atoms with Crippen molar-refractivity contribution in [1.82, 2.24) is 10.2 Å². The third-order valence-corrected chi connectivity index (χ3v) is 3.67. The standard InChI is InChI=1S/C17H26N2O2/c1-12-6-7-14(13(10-12)11-18-17(2,3)4)21-15-8-9-19(5)16(15)20/h6-7,10,15,18H,8-9,11H2,1-5H3. The fourth-order valence-electron chi connectivity index (χ4n) is 2.37. The number of nitrogens with one attached hydrogen (secondary N) is 1. The van der Waals surface area contributed by atoms with Gasteiger partial charge in [0.25, 0.3) is 5.91 Å². The quantitative estimate of drug-likeness (QED) is 0.926. The second kappa shape index (κ2) is 6.06. The van der Waals surface area contributed by atoms with Gasteiger partial charge >= 0.3 is 0 Å². The molecule has 0 aromatic heterocycles. The largest absolute Gasteiger partial charge is 0.480 e. The molecule has 0 saturated carbocycles. The molecule has 1 fully saturated rings. The number of hydrogen-bond donors (Lipinski definition) is 1. The van der Waals surface area contributed by atoms with Crippen molar-refractivity contribution in [3.8, 4) is 5.75 Å². The summed E-state index contributed by atoms with van der Waals surface area (Å²) in [4.78, 5) is 13.7. The molecule has 0 aliphatic carbocycles. The minimum absolute atomic E-state index is 0.0460. The lowest BCUT2D eigenvalue weighted by molar-refractivity contribution is -0.132. The van der Waals surface area contributed by atoms with Crippen molar-refractivity contribution < 1.29 is 9.53 Å². The normalized spacial score (nSPS) is 19.2. The highest BCUT2D eigenvalue weighted by atomic mass is 16.5. The highest BCUT2D eigenvalue weighted by molar-refractivity contribution is 5.83. The molecule has 1 aromatic rings. The Kier molecular flexibility index (Phi) is 4.57. The van der Waals surface area contributed by atoms with E-state index in [1.807, 2.05) is 19.2 Å². The summed E-state index contributed by atoms with van der Waals surface area (Å²) in [6.07, 6.45) is 0.418. The Balaban J connectivity index is 2.13. The van der Waals surface area contributed by atoms with Crippen LogP contribution in [0.2, 0.25) is 0 Å². The zero-order valence-corrected chi connectivity index (χ0v) is 13.7. The average molecular weight is 290 g/mol. The molecule has 0 radical (unpaired) electrons. The van der Waals surface area contributed by atoms with E-state index < -0.39 is 0 Å². The van der Waals surface area contributed by atoms with Crippen molar-refractivity contribution in [1.29, 1.82) is 0 Å². The van der Waals surface area contributed by atoms with Crippen molar-refractivity contribution in [2.45, 2.75) is 52.3 Å². The number of amides is 1. The summed E-state index contributed by atoms with van der Waals surface area (Å²) in [5.74, 6) is 0.885. The zero-order valence-electron chi connectivity index (χ0n) is 13.7. The summed E-state index contributed by atoms with van der Waals surface area (Å²) in [7, 11) is 1.82. The smallest absolute Gasteiger partial charge is 0.263 e. The number of hydrogen-bond acceptors (Lipinski definition) is 3. The van der Waals surface area contributed by atoms with Gasteiger partial charge in [-0.15, -0.1) is 0 Å². The van der Waals surface area contributed by atoms with Crippen LogP contribution >= 0.6 is 0 Å². The number of nitrogens with zero attached hydrogens (tertiary/aromatic N) is 1. The van der Waals surface area contributed by atoms with E-state index in [-0.39, 0.29) is 17.6 Å². The summed E-state index contributed by atoms with van der Waals surface area (Å²) < 4.78 is 5.98. The second-order valence-electron chi connectivity index (χ2n) is 6.87. The third-order valence-electron chi connectivity index (χ3n) is 3.67.